The maximum atomic E-state index is 11.9. The van der Waals surface area contributed by atoms with Crippen LogP contribution in [0.3, 0.4) is 0 Å². The van der Waals surface area contributed by atoms with Crippen LogP contribution in [-0.4, -0.2) is 5.11 Å². The number of aromatic hydroxyl groups is 1. The minimum Gasteiger partial charge on any atom is -0.508 e. The maximum Gasteiger partial charge on any atom is 0.416 e. The molecule has 1 N–H and O–H groups in total. The van der Waals surface area contributed by atoms with Gasteiger partial charge in [-0.1, -0.05) is 19.9 Å². The van der Waals surface area contributed by atoms with Crippen molar-refractivity contribution in [2.45, 2.75) is 20.0 Å². The zero-order valence-corrected chi connectivity index (χ0v) is 7.39. The molecule has 0 saturated carbocycles. The predicted octanol–water partition coefficient (Wildman–Crippen LogP) is 3.44. The van der Waals surface area contributed by atoms with Gasteiger partial charge in [0.2, 0.25) is 0 Å². The van der Waals surface area contributed by atoms with Crippen LogP contribution in [0, 0.1) is 0 Å². The van der Waals surface area contributed by atoms with Crippen molar-refractivity contribution in [2.75, 3.05) is 0 Å². The molecule has 0 heterocycles. The van der Waals surface area contributed by atoms with Gasteiger partial charge in [-0.2, -0.15) is 13.2 Å². The molecule has 1 rings (SSSR count). The molecule has 0 aliphatic rings. The van der Waals surface area contributed by atoms with Crippen LogP contribution in [0.5, 0.6) is 5.75 Å². The molecule has 1 nitrogen and oxygen atoms in total. The summed E-state index contributed by atoms with van der Waals surface area (Å²) in [6, 6.07) is 3.92. The van der Waals surface area contributed by atoms with Gasteiger partial charge in [-0.25, -0.2) is 0 Å². The first-order valence-corrected chi connectivity index (χ1v) is 3.86. The quantitative estimate of drug-likeness (QED) is 0.667. The maximum absolute atomic E-state index is 11.9. The Balaban J connectivity index is 0.000000671. The van der Waals surface area contributed by atoms with Crippen LogP contribution in [0.2, 0.25) is 0 Å². The summed E-state index contributed by atoms with van der Waals surface area (Å²) in [5.74, 6) is -0.375. The third-order valence-electron chi connectivity index (χ3n) is 1.17. The van der Waals surface area contributed by atoms with Crippen molar-refractivity contribution in [3.63, 3.8) is 0 Å². The number of halogens is 3. The van der Waals surface area contributed by atoms with Crippen LogP contribution in [-0.2, 0) is 6.18 Å². The number of phenolic OH excluding ortho intramolecular Hbond substituents is 1. The highest BCUT2D eigenvalue weighted by Gasteiger charge is 2.30. The molecule has 0 spiro atoms. The molecule has 0 aromatic heterocycles. The average Bonchev–Trinajstić information content (AvgIpc) is 2.06. The van der Waals surface area contributed by atoms with Crippen molar-refractivity contribution >= 4 is 0 Å². The number of benzene rings is 1. The molecule has 0 aliphatic carbocycles. The van der Waals surface area contributed by atoms with E-state index in [4.69, 9.17) is 5.11 Å². The molecule has 0 aliphatic heterocycles. The van der Waals surface area contributed by atoms with Gasteiger partial charge in [0, 0.05) is 0 Å². The van der Waals surface area contributed by atoms with Gasteiger partial charge in [0.15, 0.2) is 0 Å². The Labute approximate surface area is 74.8 Å². The summed E-state index contributed by atoms with van der Waals surface area (Å²) in [7, 11) is 0. The molecular weight excluding hydrogens is 181 g/mol. The van der Waals surface area contributed by atoms with Gasteiger partial charge in [0.05, 0.1) is 5.56 Å². The Bertz CT molecular complexity index is 255. The van der Waals surface area contributed by atoms with E-state index in [2.05, 4.69) is 0 Å². The summed E-state index contributed by atoms with van der Waals surface area (Å²) in [4.78, 5) is 0. The molecule has 0 amide bonds. The topological polar surface area (TPSA) is 20.2 Å². The summed E-state index contributed by atoms with van der Waals surface area (Å²) < 4.78 is 35.6. The van der Waals surface area contributed by atoms with E-state index in [9.17, 15) is 13.2 Å². The highest BCUT2D eigenvalue weighted by Crippen LogP contribution is 2.30. The number of phenols is 1. The van der Waals surface area contributed by atoms with Gasteiger partial charge >= 0.3 is 6.18 Å². The van der Waals surface area contributed by atoms with Crippen LogP contribution in [0.15, 0.2) is 24.3 Å². The SMILES string of the molecule is CC.Oc1cccc(C(F)(F)F)c1. The standard InChI is InChI=1S/C7H5F3O.C2H6/c8-7(9,10)5-2-1-3-6(11)4-5;1-2/h1-4,11H;1-2H3. The van der Waals surface area contributed by atoms with Crippen molar-refractivity contribution in [1.82, 2.24) is 0 Å². The number of hydrogen-bond donors (Lipinski definition) is 1. The smallest absolute Gasteiger partial charge is 0.416 e. The number of hydrogen-bond acceptors (Lipinski definition) is 1. The average molecular weight is 192 g/mol. The van der Waals surface area contributed by atoms with Gasteiger partial charge in [-0.05, 0) is 18.2 Å². The van der Waals surface area contributed by atoms with E-state index in [0.29, 0.717) is 6.07 Å². The lowest BCUT2D eigenvalue weighted by Crippen LogP contribution is -2.03. The highest BCUT2D eigenvalue weighted by molar-refractivity contribution is 5.28. The fraction of sp³-hybridized carbons (Fsp3) is 0.333. The molecule has 1 aromatic rings. The molecule has 1 aromatic carbocycles. The van der Waals surface area contributed by atoms with E-state index in [1.165, 1.54) is 6.07 Å². The zero-order valence-electron chi connectivity index (χ0n) is 7.39. The Morgan fingerprint density at radius 2 is 1.69 bits per heavy atom. The number of rotatable bonds is 0. The van der Waals surface area contributed by atoms with Crippen LogP contribution in [0.25, 0.3) is 0 Å². The van der Waals surface area contributed by atoms with Crippen LogP contribution in [0.1, 0.15) is 19.4 Å². The molecule has 0 radical (unpaired) electrons. The first-order valence-electron chi connectivity index (χ1n) is 3.86. The number of alkyl halides is 3. The Morgan fingerprint density at radius 1 is 1.15 bits per heavy atom. The lowest BCUT2D eigenvalue weighted by atomic mass is 10.2. The molecule has 74 valence electrons. The van der Waals surface area contributed by atoms with Gasteiger partial charge in [-0.15, -0.1) is 0 Å². The van der Waals surface area contributed by atoms with E-state index >= 15 is 0 Å². The van der Waals surface area contributed by atoms with Crippen molar-refractivity contribution in [3.05, 3.63) is 29.8 Å². The molecule has 0 saturated heterocycles. The van der Waals surface area contributed by atoms with Crippen molar-refractivity contribution in [2.24, 2.45) is 0 Å². The van der Waals surface area contributed by atoms with Gasteiger partial charge in [0.1, 0.15) is 5.75 Å². The van der Waals surface area contributed by atoms with E-state index < -0.39 is 11.7 Å². The second kappa shape index (κ2) is 4.74. The first kappa shape index (κ1) is 11.8. The predicted molar refractivity (Wildman–Crippen MR) is 44.5 cm³/mol. The molecule has 0 unspecified atom stereocenters. The van der Waals surface area contributed by atoms with Crippen molar-refractivity contribution < 1.29 is 18.3 Å². The summed E-state index contributed by atoms with van der Waals surface area (Å²) in [5.41, 5.74) is -0.836. The molecule has 13 heavy (non-hydrogen) atoms. The normalized spacial score (nSPS) is 10.2. The molecule has 4 heteroatoms. The molecule has 0 atom stereocenters. The molecular formula is C9H11F3O. The van der Waals surface area contributed by atoms with Crippen LogP contribution in [0.4, 0.5) is 13.2 Å². The van der Waals surface area contributed by atoms with E-state index in [0.717, 1.165) is 12.1 Å². The third kappa shape index (κ3) is 3.83. The minimum absolute atomic E-state index is 0.375. The van der Waals surface area contributed by atoms with Crippen LogP contribution < -0.4 is 0 Å². The monoisotopic (exact) mass is 192 g/mol. The summed E-state index contributed by atoms with van der Waals surface area (Å²) in [6.07, 6.45) is -4.38. The van der Waals surface area contributed by atoms with E-state index in [1.807, 2.05) is 13.8 Å². The van der Waals surface area contributed by atoms with Crippen LogP contribution >= 0.6 is 0 Å². The summed E-state index contributed by atoms with van der Waals surface area (Å²) >= 11 is 0. The fourth-order valence-corrected chi connectivity index (χ4v) is 0.682. The summed E-state index contributed by atoms with van der Waals surface area (Å²) in [5, 5.41) is 8.68. The third-order valence-corrected chi connectivity index (χ3v) is 1.17. The fourth-order valence-electron chi connectivity index (χ4n) is 0.682. The largest absolute Gasteiger partial charge is 0.508 e. The Kier molecular flexibility index (Phi) is 4.31. The second-order valence-electron chi connectivity index (χ2n) is 2.05. The van der Waals surface area contributed by atoms with Gasteiger partial charge in [-0.3, -0.25) is 0 Å². The Hall–Kier alpha value is -1.19. The highest BCUT2D eigenvalue weighted by atomic mass is 19.4. The van der Waals surface area contributed by atoms with Gasteiger partial charge in [0.25, 0.3) is 0 Å². The minimum atomic E-state index is -4.38. The lowest BCUT2D eigenvalue weighted by molar-refractivity contribution is -0.137. The van der Waals surface area contributed by atoms with Gasteiger partial charge < -0.3 is 5.11 Å². The first-order chi connectivity index (χ1) is 6.00. The second-order valence-corrected chi connectivity index (χ2v) is 2.05. The molecule has 0 bridgehead atoms. The lowest BCUT2D eigenvalue weighted by Gasteiger charge is -2.05. The Morgan fingerprint density at radius 3 is 2.00 bits per heavy atom. The van der Waals surface area contributed by atoms with E-state index in [1.54, 1.807) is 0 Å². The van der Waals surface area contributed by atoms with Crippen molar-refractivity contribution in [1.29, 1.82) is 0 Å². The zero-order chi connectivity index (χ0) is 10.5. The summed E-state index contributed by atoms with van der Waals surface area (Å²) in [6.45, 7) is 4.00. The molecule has 0 fully saturated rings. The van der Waals surface area contributed by atoms with Crippen molar-refractivity contribution in [3.8, 4) is 5.75 Å². The van der Waals surface area contributed by atoms with E-state index in [-0.39, 0.29) is 5.75 Å².